The Morgan fingerprint density at radius 2 is 2.17 bits per heavy atom. The van der Waals surface area contributed by atoms with Crippen molar-refractivity contribution in [1.82, 2.24) is 0 Å². The molecule has 0 aliphatic heterocycles. The number of hydrogen-bond donors (Lipinski definition) is 1. The molecule has 1 amide bonds. The van der Waals surface area contributed by atoms with Crippen LogP contribution >= 0.6 is 11.3 Å². The van der Waals surface area contributed by atoms with Gasteiger partial charge in [0.25, 0.3) is 5.91 Å². The third-order valence-electron chi connectivity index (χ3n) is 2.99. The van der Waals surface area contributed by atoms with Gasteiger partial charge in [-0.2, -0.15) is 4.39 Å². The molecule has 1 aromatic carbocycles. The summed E-state index contributed by atoms with van der Waals surface area (Å²) in [4.78, 5) is 34.3. The number of halogens is 1. The van der Waals surface area contributed by atoms with E-state index in [0.29, 0.717) is 0 Å². The van der Waals surface area contributed by atoms with Crippen LogP contribution in [0.25, 0.3) is 0 Å². The topological polar surface area (TPSA) is 98.5 Å². The van der Waals surface area contributed by atoms with Crippen molar-refractivity contribution in [3.8, 4) is 0 Å². The molecule has 126 valence electrons. The van der Waals surface area contributed by atoms with Crippen molar-refractivity contribution >= 4 is 34.6 Å². The van der Waals surface area contributed by atoms with E-state index in [-0.39, 0.29) is 12.1 Å². The first kappa shape index (κ1) is 17.5. The maximum atomic E-state index is 13.2. The van der Waals surface area contributed by atoms with E-state index in [4.69, 9.17) is 4.74 Å². The zero-order valence-corrected chi connectivity index (χ0v) is 13.3. The van der Waals surface area contributed by atoms with Crippen LogP contribution in [0.4, 0.5) is 15.8 Å². The molecule has 0 aliphatic carbocycles. The third kappa shape index (κ3) is 4.59. The molecule has 1 heterocycles. The summed E-state index contributed by atoms with van der Waals surface area (Å²) in [6.45, 7) is 1.37. The van der Waals surface area contributed by atoms with Gasteiger partial charge in [0.2, 0.25) is 5.82 Å². The number of nitro groups is 1. The lowest BCUT2D eigenvalue weighted by molar-refractivity contribution is -0.387. The highest BCUT2D eigenvalue weighted by molar-refractivity contribution is 7.10. The van der Waals surface area contributed by atoms with Gasteiger partial charge in [0.15, 0.2) is 6.10 Å². The number of amides is 1. The molecule has 1 aromatic heterocycles. The van der Waals surface area contributed by atoms with Gasteiger partial charge in [-0.25, -0.2) is 0 Å². The summed E-state index contributed by atoms with van der Waals surface area (Å²) >= 11 is 1.39. The zero-order chi connectivity index (χ0) is 17.7. The lowest BCUT2D eigenvalue weighted by Crippen LogP contribution is -2.30. The molecule has 0 fully saturated rings. The number of esters is 1. The Balaban J connectivity index is 1.95. The number of nitrogens with zero attached hydrogens (tertiary/aromatic N) is 1. The van der Waals surface area contributed by atoms with Crippen LogP contribution in [0.1, 0.15) is 11.8 Å². The second-order valence-electron chi connectivity index (χ2n) is 4.80. The Morgan fingerprint density at radius 3 is 2.79 bits per heavy atom. The average Bonchev–Trinajstić information content (AvgIpc) is 3.01. The van der Waals surface area contributed by atoms with E-state index in [9.17, 15) is 24.1 Å². The number of carbonyl (C=O) groups is 2. The van der Waals surface area contributed by atoms with Crippen molar-refractivity contribution < 1.29 is 23.6 Å². The molecule has 2 rings (SSSR count). The molecule has 9 heteroatoms. The first-order valence-electron chi connectivity index (χ1n) is 6.83. The number of nitro benzene ring substituents is 1. The van der Waals surface area contributed by atoms with Crippen molar-refractivity contribution in [2.45, 2.75) is 19.4 Å². The highest BCUT2D eigenvalue weighted by Crippen LogP contribution is 2.21. The van der Waals surface area contributed by atoms with E-state index in [0.717, 1.165) is 17.0 Å². The monoisotopic (exact) mass is 352 g/mol. The lowest BCUT2D eigenvalue weighted by Gasteiger charge is -2.13. The van der Waals surface area contributed by atoms with E-state index < -0.39 is 34.4 Å². The van der Waals surface area contributed by atoms with Gasteiger partial charge in [-0.3, -0.25) is 19.7 Å². The molecule has 0 spiro atoms. The Morgan fingerprint density at radius 1 is 1.42 bits per heavy atom. The van der Waals surface area contributed by atoms with Crippen LogP contribution < -0.4 is 5.32 Å². The molecule has 0 saturated carbocycles. The molecule has 0 saturated heterocycles. The van der Waals surface area contributed by atoms with Crippen LogP contribution in [0.2, 0.25) is 0 Å². The molecule has 0 radical (unpaired) electrons. The van der Waals surface area contributed by atoms with E-state index in [1.807, 2.05) is 5.38 Å². The van der Waals surface area contributed by atoms with Crippen LogP contribution in [-0.4, -0.2) is 22.9 Å². The summed E-state index contributed by atoms with van der Waals surface area (Å²) < 4.78 is 18.3. The maximum Gasteiger partial charge on any atom is 0.311 e. The minimum Gasteiger partial charge on any atom is -0.452 e. The van der Waals surface area contributed by atoms with Crippen molar-refractivity contribution in [2.24, 2.45) is 0 Å². The van der Waals surface area contributed by atoms with Crippen LogP contribution in [0.3, 0.4) is 0 Å². The summed E-state index contributed by atoms with van der Waals surface area (Å²) in [6, 6.07) is 6.52. The Hall–Kier alpha value is -2.81. The second-order valence-corrected chi connectivity index (χ2v) is 5.83. The summed E-state index contributed by atoms with van der Waals surface area (Å²) in [5.74, 6) is -2.24. The highest BCUT2D eigenvalue weighted by atomic mass is 32.1. The third-order valence-corrected chi connectivity index (χ3v) is 3.86. The van der Waals surface area contributed by atoms with E-state index in [1.54, 1.807) is 12.1 Å². The fourth-order valence-electron chi connectivity index (χ4n) is 1.82. The number of nitrogens with one attached hydrogen (secondary N) is 1. The summed E-state index contributed by atoms with van der Waals surface area (Å²) in [5, 5.41) is 14.8. The van der Waals surface area contributed by atoms with Gasteiger partial charge < -0.3 is 10.1 Å². The Kier molecular flexibility index (Phi) is 5.59. The molecule has 0 bridgehead atoms. The minimum atomic E-state index is -1.10. The molecular formula is C15H13FN2O5S. The first-order chi connectivity index (χ1) is 11.4. The molecule has 24 heavy (non-hydrogen) atoms. The predicted octanol–water partition coefficient (Wildman–Crippen LogP) is 2.91. The Bertz CT molecular complexity index is 763. The van der Waals surface area contributed by atoms with Gasteiger partial charge in [-0.05, 0) is 30.5 Å². The highest BCUT2D eigenvalue weighted by Gasteiger charge is 2.20. The van der Waals surface area contributed by atoms with Crippen molar-refractivity contribution in [3.63, 3.8) is 0 Å². The lowest BCUT2D eigenvalue weighted by atomic mass is 10.2. The van der Waals surface area contributed by atoms with Gasteiger partial charge in [-0.15, -0.1) is 11.3 Å². The van der Waals surface area contributed by atoms with Gasteiger partial charge in [-0.1, -0.05) is 6.07 Å². The molecule has 0 aliphatic rings. The van der Waals surface area contributed by atoms with Crippen LogP contribution in [0.15, 0.2) is 35.7 Å². The molecule has 1 atom stereocenters. The van der Waals surface area contributed by atoms with E-state index in [1.165, 1.54) is 24.3 Å². The number of hydrogen-bond acceptors (Lipinski definition) is 6. The van der Waals surface area contributed by atoms with Crippen LogP contribution in [0, 0.1) is 15.9 Å². The Labute approximate surface area is 140 Å². The molecule has 7 nitrogen and oxygen atoms in total. The zero-order valence-electron chi connectivity index (χ0n) is 12.5. The molecule has 1 unspecified atom stereocenters. The molecule has 2 aromatic rings. The standard InChI is InChI=1S/C15H13FN2O5S/c1-9(23-14(19)8-11-3-2-6-24-11)15(20)17-10-4-5-12(16)13(7-10)18(21)22/h2-7,9H,8H2,1H3,(H,17,20). The van der Waals surface area contributed by atoms with Crippen LogP contribution in [-0.2, 0) is 20.7 Å². The number of rotatable bonds is 6. The SMILES string of the molecule is CC(OC(=O)Cc1cccs1)C(=O)Nc1ccc(F)c([N+](=O)[O-])c1. The first-order valence-corrected chi connectivity index (χ1v) is 7.71. The van der Waals surface area contributed by atoms with Gasteiger partial charge in [0.05, 0.1) is 11.3 Å². The smallest absolute Gasteiger partial charge is 0.311 e. The largest absolute Gasteiger partial charge is 0.452 e. The second kappa shape index (κ2) is 7.64. The summed E-state index contributed by atoms with van der Waals surface area (Å²) in [5.41, 5.74) is -0.718. The summed E-state index contributed by atoms with van der Waals surface area (Å²) in [6.07, 6.45) is -1.04. The predicted molar refractivity (Wildman–Crippen MR) is 85.3 cm³/mol. The number of carbonyl (C=O) groups excluding carboxylic acids is 2. The van der Waals surface area contributed by atoms with Gasteiger partial charge >= 0.3 is 11.7 Å². The van der Waals surface area contributed by atoms with E-state index >= 15 is 0 Å². The van der Waals surface area contributed by atoms with Gasteiger partial charge in [0.1, 0.15) is 0 Å². The van der Waals surface area contributed by atoms with E-state index in [2.05, 4.69) is 5.32 Å². The van der Waals surface area contributed by atoms with Gasteiger partial charge in [0, 0.05) is 16.6 Å². The number of benzene rings is 1. The molecular weight excluding hydrogens is 339 g/mol. The minimum absolute atomic E-state index is 0.0363. The van der Waals surface area contributed by atoms with Crippen molar-refractivity contribution in [3.05, 3.63) is 56.5 Å². The molecule has 1 N–H and O–H groups in total. The quantitative estimate of drug-likeness (QED) is 0.490. The van der Waals surface area contributed by atoms with Crippen molar-refractivity contribution in [1.29, 1.82) is 0 Å². The van der Waals surface area contributed by atoms with Crippen LogP contribution in [0.5, 0.6) is 0 Å². The fraction of sp³-hybridized carbons (Fsp3) is 0.200. The maximum absolute atomic E-state index is 13.2. The number of thiophene rings is 1. The summed E-state index contributed by atoms with van der Waals surface area (Å²) in [7, 11) is 0. The number of anilines is 1. The average molecular weight is 352 g/mol. The number of ether oxygens (including phenoxy) is 1. The fourth-order valence-corrected chi connectivity index (χ4v) is 2.51. The normalized spacial score (nSPS) is 11.6. The van der Waals surface area contributed by atoms with Crippen molar-refractivity contribution in [2.75, 3.05) is 5.32 Å².